The van der Waals surface area contributed by atoms with E-state index in [9.17, 15) is 14.0 Å². The van der Waals surface area contributed by atoms with Crippen LogP contribution < -0.4 is 10.6 Å². The Bertz CT molecular complexity index is 725. The summed E-state index contributed by atoms with van der Waals surface area (Å²) in [4.78, 5) is 25.8. The second-order valence-electron chi connectivity index (χ2n) is 8.33. The highest BCUT2D eigenvalue weighted by Crippen LogP contribution is 2.48. The van der Waals surface area contributed by atoms with E-state index in [0.29, 0.717) is 12.1 Å². The van der Waals surface area contributed by atoms with Crippen molar-refractivity contribution in [3.05, 3.63) is 29.6 Å². The fourth-order valence-electron chi connectivity index (χ4n) is 3.16. The molecule has 3 rings (SSSR count). The lowest BCUT2D eigenvalue weighted by Gasteiger charge is -2.37. The van der Waals surface area contributed by atoms with Crippen LogP contribution in [0, 0.1) is 11.2 Å². The van der Waals surface area contributed by atoms with Gasteiger partial charge in [0, 0.05) is 18.5 Å². The predicted octanol–water partition coefficient (Wildman–Crippen LogP) is 4.04. The first kappa shape index (κ1) is 18.5. The van der Waals surface area contributed by atoms with Gasteiger partial charge in [0.25, 0.3) is 0 Å². The number of nitrogens with one attached hydrogen (secondary N) is 2. The topological polar surface area (TPSA) is 70.7 Å². The average molecular weight is 363 g/mol. The lowest BCUT2D eigenvalue weighted by molar-refractivity contribution is 0.0635. The van der Waals surface area contributed by atoms with Gasteiger partial charge >= 0.3 is 12.1 Å². The largest absolute Gasteiger partial charge is 0.444 e. The van der Waals surface area contributed by atoms with Gasteiger partial charge in [-0.2, -0.15) is 0 Å². The lowest BCUT2D eigenvalue weighted by Crippen LogP contribution is -2.52. The third-order valence-corrected chi connectivity index (χ3v) is 4.92. The first-order valence-corrected chi connectivity index (χ1v) is 8.93. The summed E-state index contributed by atoms with van der Waals surface area (Å²) >= 11 is 0. The number of hydrogen-bond acceptors (Lipinski definition) is 3. The first-order chi connectivity index (χ1) is 12.1. The van der Waals surface area contributed by atoms with E-state index in [0.717, 1.165) is 19.4 Å². The van der Waals surface area contributed by atoms with Crippen molar-refractivity contribution >= 4 is 17.8 Å². The zero-order valence-corrected chi connectivity index (χ0v) is 15.7. The average Bonchev–Trinajstić information content (AvgIpc) is 3.29. The molecule has 2 N–H and O–H groups in total. The number of benzene rings is 1. The van der Waals surface area contributed by atoms with Crippen LogP contribution in [0.4, 0.5) is 19.7 Å². The van der Waals surface area contributed by atoms with Crippen LogP contribution in [-0.2, 0) is 4.74 Å². The summed E-state index contributed by atoms with van der Waals surface area (Å²) in [5.41, 5.74) is 0.274. The fraction of sp³-hybridized carbons (Fsp3) is 0.579. The smallest absolute Gasteiger partial charge is 0.412 e. The highest BCUT2D eigenvalue weighted by atomic mass is 19.1. The van der Waals surface area contributed by atoms with Crippen molar-refractivity contribution in [1.29, 1.82) is 0 Å². The maximum absolute atomic E-state index is 14.4. The van der Waals surface area contributed by atoms with E-state index in [2.05, 4.69) is 10.6 Å². The molecule has 1 aromatic rings. The Morgan fingerprint density at radius 2 is 2.08 bits per heavy atom. The molecule has 0 aromatic heterocycles. The molecule has 7 heteroatoms. The number of carbonyl (C=O) groups excluding carboxylic acids is 2. The van der Waals surface area contributed by atoms with E-state index >= 15 is 0 Å². The Kier molecular flexibility index (Phi) is 4.58. The predicted molar refractivity (Wildman–Crippen MR) is 96.4 cm³/mol. The molecule has 1 aromatic carbocycles. The maximum Gasteiger partial charge on any atom is 0.412 e. The Balaban J connectivity index is 1.70. The van der Waals surface area contributed by atoms with Gasteiger partial charge in [-0.25, -0.2) is 14.0 Å². The molecule has 2 fully saturated rings. The molecule has 1 unspecified atom stereocenters. The standard InChI is InChI=1S/C19H26FN3O3/c1-12(23-11-19(7-8-19)10-21-16(23)24)13-5-6-15(14(20)9-13)22-17(25)26-18(2,3)4/h5-6,9,12H,7-8,10-11H2,1-4H3,(H,21,24)(H,22,25). The van der Waals surface area contributed by atoms with E-state index in [1.807, 2.05) is 6.92 Å². The van der Waals surface area contributed by atoms with Gasteiger partial charge in [0.1, 0.15) is 11.4 Å². The van der Waals surface area contributed by atoms with Crippen LogP contribution in [0.15, 0.2) is 18.2 Å². The van der Waals surface area contributed by atoms with Gasteiger partial charge in [0.2, 0.25) is 0 Å². The number of carbonyl (C=O) groups is 2. The molecule has 6 nitrogen and oxygen atoms in total. The number of halogens is 1. The lowest BCUT2D eigenvalue weighted by atomic mass is 10.00. The summed E-state index contributed by atoms with van der Waals surface area (Å²) in [5, 5.41) is 5.34. The SMILES string of the molecule is CC(c1ccc(NC(=O)OC(C)(C)C)c(F)c1)N1CC2(CC2)CNC1=O. The summed E-state index contributed by atoms with van der Waals surface area (Å²) in [6.07, 6.45) is 1.52. The zero-order chi connectivity index (χ0) is 19.1. The first-order valence-electron chi connectivity index (χ1n) is 8.93. The molecule has 0 radical (unpaired) electrons. The van der Waals surface area contributed by atoms with E-state index in [4.69, 9.17) is 4.74 Å². The zero-order valence-electron chi connectivity index (χ0n) is 15.7. The number of nitrogens with zero attached hydrogens (tertiary/aromatic N) is 1. The minimum Gasteiger partial charge on any atom is -0.444 e. The van der Waals surface area contributed by atoms with Crippen LogP contribution in [-0.4, -0.2) is 35.7 Å². The molecule has 3 amide bonds. The van der Waals surface area contributed by atoms with Gasteiger partial charge in [-0.05, 0) is 58.2 Å². The Morgan fingerprint density at radius 3 is 2.65 bits per heavy atom. The molecular formula is C19H26FN3O3. The van der Waals surface area contributed by atoms with Crippen molar-refractivity contribution < 1.29 is 18.7 Å². The van der Waals surface area contributed by atoms with Gasteiger partial charge in [0.15, 0.2) is 0 Å². The number of amides is 3. The van der Waals surface area contributed by atoms with Gasteiger partial charge in [0.05, 0.1) is 11.7 Å². The third-order valence-electron chi connectivity index (χ3n) is 4.92. The molecule has 1 heterocycles. The molecule has 1 atom stereocenters. The maximum atomic E-state index is 14.4. The summed E-state index contributed by atoms with van der Waals surface area (Å²) in [6.45, 7) is 8.52. The monoisotopic (exact) mass is 363 g/mol. The fourth-order valence-corrected chi connectivity index (χ4v) is 3.16. The van der Waals surface area contributed by atoms with Crippen molar-refractivity contribution in [2.45, 2.75) is 52.2 Å². The summed E-state index contributed by atoms with van der Waals surface area (Å²) in [7, 11) is 0. The van der Waals surface area contributed by atoms with Gasteiger partial charge in [-0.1, -0.05) is 6.07 Å². The molecule has 1 saturated carbocycles. The number of ether oxygens (including phenoxy) is 1. The van der Waals surface area contributed by atoms with Crippen molar-refractivity contribution in [3.63, 3.8) is 0 Å². The normalized spacial score (nSPS) is 19.7. The third kappa shape index (κ3) is 4.08. The number of anilines is 1. The molecule has 1 spiro atoms. The van der Waals surface area contributed by atoms with Crippen molar-refractivity contribution in [3.8, 4) is 0 Å². The van der Waals surface area contributed by atoms with Crippen LogP contribution in [0.1, 0.15) is 52.1 Å². The molecule has 26 heavy (non-hydrogen) atoms. The molecular weight excluding hydrogens is 337 g/mol. The van der Waals surface area contributed by atoms with E-state index in [1.54, 1.807) is 31.7 Å². The van der Waals surface area contributed by atoms with Crippen LogP contribution in [0.5, 0.6) is 0 Å². The Labute approximate surface area is 153 Å². The molecule has 1 aliphatic carbocycles. The summed E-state index contributed by atoms with van der Waals surface area (Å²) < 4.78 is 19.6. The summed E-state index contributed by atoms with van der Waals surface area (Å²) in [5.74, 6) is -0.557. The van der Waals surface area contributed by atoms with E-state index in [-0.39, 0.29) is 23.2 Å². The highest BCUT2D eigenvalue weighted by molar-refractivity contribution is 5.85. The minimum absolute atomic E-state index is 0.0527. The van der Waals surface area contributed by atoms with Crippen LogP contribution >= 0.6 is 0 Å². The van der Waals surface area contributed by atoms with E-state index < -0.39 is 17.5 Å². The Morgan fingerprint density at radius 1 is 1.38 bits per heavy atom. The number of hydrogen-bond donors (Lipinski definition) is 2. The quantitative estimate of drug-likeness (QED) is 0.851. The second kappa shape index (κ2) is 6.45. The molecule has 1 saturated heterocycles. The van der Waals surface area contributed by atoms with E-state index in [1.165, 1.54) is 12.1 Å². The molecule has 2 aliphatic rings. The van der Waals surface area contributed by atoms with Crippen LogP contribution in [0.3, 0.4) is 0 Å². The van der Waals surface area contributed by atoms with Gasteiger partial charge < -0.3 is 15.0 Å². The van der Waals surface area contributed by atoms with Crippen LogP contribution in [0.25, 0.3) is 0 Å². The molecule has 0 bridgehead atoms. The highest BCUT2D eigenvalue weighted by Gasteiger charge is 2.48. The molecule has 142 valence electrons. The molecule has 1 aliphatic heterocycles. The van der Waals surface area contributed by atoms with Crippen molar-refractivity contribution in [1.82, 2.24) is 10.2 Å². The van der Waals surface area contributed by atoms with Gasteiger partial charge in [-0.3, -0.25) is 5.32 Å². The number of urea groups is 1. The number of rotatable bonds is 3. The minimum atomic E-state index is -0.705. The van der Waals surface area contributed by atoms with Crippen LogP contribution in [0.2, 0.25) is 0 Å². The van der Waals surface area contributed by atoms with Crippen molar-refractivity contribution in [2.75, 3.05) is 18.4 Å². The second-order valence-corrected chi connectivity index (χ2v) is 8.33. The summed E-state index contributed by atoms with van der Waals surface area (Å²) in [6, 6.07) is 4.21. The van der Waals surface area contributed by atoms with Crippen molar-refractivity contribution in [2.24, 2.45) is 5.41 Å². The van der Waals surface area contributed by atoms with Gasteiger partial charge in [-0.15, -0.1) is 0 Å². The Hall–Kier alpha value is -2.31.